The number of likely N-dealkylation sites (N-methyl/N-ethyl adjacent to an activating group) is 1. The second-order valence-electron chi connectivity index (χ2n) is 10.1. The van der Waals surface area contributed by atoms with E-state index in [1.807, 2.05) is 21.1 Å². The molecule has 208 valence electrons. The molecule has 0 aromatic carbocycles. The van der Waals surface area contributed by atoms with Crippen molar-refractivity contribution in [2.45, 2.75) is 103 Å². The number of quaternary nitrogens is 1. The average Bonchev–Trinajstić information content (AvgIpc) is 2.74. The largest absolute Gasteiger partial charge is 0.756 e. The first-order chi connectivity index (χ1) is 15.7. The van der Waals surface area contributed by atoms with Gasteiger partial charge in [0.1, 0.15) is 19.3 Å². The van der Waals surface area contributed by atoms with Gasteiger partial charge in [-0.1, -0.05) is 90.4 Å². The zero-order chi connectivity index (χ0) is 24.8. The summed E-state index contributed by atoms with van der Waals surface area (Å²) < 4.78 is 33.2. The molecule has 0 amide bonds. The van der Waals surface area contributed by atoms with Gasteiger partial charge < -0.3 is 33.4 Å². The van der Waals surface area contributed by atoms with E-state index < -0.39 is 13.9 Å². The Hall–Kier alpha value is -0.0500. The summed E-state index contributed by atoms with van der Waals surface area (Å²) in [7, 11) is 3.11. The Morgan fingerprint density at radius 2 is 1.21 bits per heavy atom. The van der Waals surface area contributed by atoms with Crippen molar-refractivity contribution in [2.24, 2.45) is 0 Å². The SMILES string of the molecule is CCCCCCCCCCCCCCCCOCC(COP(=O)([O-])OCC[N+](C)(C)C)OC.O. The van der Waals surface area contributed by atoms with E-state index in [0.717, 1.165) is 6.42 Å². The molecule has 8 nitrogen and oxygen atoms in total. The van der Waals surface area contributed by atoms with E-state index in [2.05, 4.69) is 6.92 Å². The van der Waals surface area contributed by atoms with Gasteiger partial charge in [0.15, 0.2) is 0 Å². The molecule has 0 radical (unpaired) electrons. The molecular formula is C25H56NO7P. The van der Waals surface area contributed by atoms with Crippen molar-refractivity contribution >= 4 is 7.82 Å². The normalized spacial score (nSPS) is 14.5. The average molecular weight is 514 g/mol. The molecule has 0 rings (SSSR count). The summed E-state index contributed by atoms with van der Waals surface area (Å²) in [6.07, 6.45) is 18.2. The van der Waals surface area contributed by atoms with Crippen molar-refractivity contribution in [3.63, 3.8) is 0 Å². The van der Waals surface area contributed by atoms with E-state index >= 15 is 0 Å². The van der Waals surface area contributed by atoms with Crippen LogP contribution < -0.4 is 4.89 Å². The topological polar surface area (TPSA) is 109 Å². The van der Waals surface area contributed by atoms with Gasteiger partial charge >= 0.3 is 0 Å². The van der Waals surface area contributed by atoms with Crippen LogP contribution in [0.1, 0.15) is 96.8 Å². The molecule has 0 aromatic rings. The Morgan fingerprint density at radius 1 is 0.735 bits per heavy atom. The lowest BCUT2D eigenvalue weighted by Crippen LogP contribution is -2.37. The Morgan fingerprint density at radius 3 is 1.65 bits per heavy atom. The predicted molar refractivity (Wildman–Crippen MR) is 138 cm³/mol. The summed E-state index contributed by atoms with van der Waals surface area (Å²) in [5, 5.41) is 0. The highest BCUT2D eigenvalue weighted by Crippen LogP contribution is 2.38. The second-order valence-corrected chi connectivity index (χ2v) is 11.5. The fourth-order valence-electron chi connectivity index (χ4n) is 3.44. The van der Waals surface area contributed by atoms with Crippen LogP contribution in [0.4, 0.5) is 0 Å². The molecule has 2 atom stereocenters. The third kappa shape index (κ3) is 26.6. The van der Waals surface area contributed by atoms with Crippen LogP contribution in [0.2, 0.25) is 0 Å². The summed E-state index contributed by atoms with van der Waals surface area (Å²) in [5.74, 6) is 0. The zero-order valence-corrected chi connectivity index (χ0v) is 23.8. The van der Waals surface area contributed by atoms with Crippen molar-refractivity contribution in [1.82, 2.24) is 0 Å². The lowest BCUT2D eigenvalue weighted by atomic mass is 10.0. The minimum absolute atomic E-state index is 0. The van der Waals surface area contributed by atoms with Crippen molar-refractivity contribution < 1.29 is 37.9 Å². The van der Waals surface area contributed by atoms with E-state index in [1.54, 1.807) is 0 Å². The number of ether oxygens (including phenoxy) is 2. The van der Waals surface area contributed by atoms with Gasteiger partial charge in [0.05, 0.1) is 34.4 Å². The number of unbranched alkanes of at least 4 members (excludes halogenated alkanes) is 13. The molecule has 0 aliphatic carbocycles. The quantitative estimate of drug-likeness (QED) is 0.0978. The first-order valence-electron chi connectivity index (χ1n) is 13.2. The van der Waals surface area contributed by atoms with Gasteiger partial charge in [-0.2, -0.15) is 0 Å². The fraction of sp³-hybridized carbons (Fsp3) is 1.00. The molecule has 2 unspecified atom stereocenters. The number of phosphoric ester groups is 1. The van der Waals surface area contributed by atoms with Gasteiger partial charge in [-0.3, -0.25) is 4.57 Å². The zero-order valence-electron chi connectivity index (χ0n) is 22.9. The van der Waals surface area contributed by atoms with Crippen LogP contribution in [0.5, 0.6) is 0 Å². The fourth-order valence-corrected chi connectivity index (χ4v) is 4.16. The Balaban J connectivity index is 0. The standard InChI is InChI=1S/C25H54NO6P.H2O/c1-6-7-8-9-10-11-12-13-14-15-16-17-18-19-21-30-23-25(29-5)24-32-33(27,28)31-22-20-26(2,3)4;/h25H,6-24H2,1-5H3;1H2. The smallest absolute Gasteiger partial charge is 0.268 e. The number of nitrogens with zero attached hydrogens (tertiary/aromatic N) is 1. The maximum absolute atomic E-state index is 11.8. The first kappa shape index (κ1) is 36.1. The van der Waals surface area contributed by atoms with Crippen molar-refractivity contribution in [3.8, 4) is 0 Å². The molecule has 0 aliphatic heterocycles. The minimum Gasteiger partial charge on any atom is -0.756 e. The molecule has 2 N–H and O–H groups in total. The van der Waals surface area contributed by atoms with Crippen LogP contribution >= 0.6 is 7.82 Å². The highest BCUT2D eigenvalue weighted by molar-refractivity contribution is 7.45. The molecule has 0 spiro atoms. The summed E-state index contributed by atoms with van der Waals surface area (Å²) in [6, 6.07) is 0. The number of hydrogen-bond donors (Lipinski definition) is 0. The number of rotatable bonds is 25. The third-order valence-corrected chi connectivity index (χ3v) is 6.67. The van der Waals surface area contributed by atoms with Crippen LogP contribution in [0.15, 0.2) is 0 Å². The highest BCUT2D eigenvalue weighted by atomic mass is 31.2. The van der Waals surface area contributed by atoms with Crippen LogP contribution in [-0.4, -0.2) is 77.3 Å². The number of methoxy groups -OCH3 is 1. The molecule has 9 heteroatoms. The summed E-state index contributed by atoms with van der Waals surface area (Å²) in [5.41, 5.74) is 0. The van der Waals surface area contributed by atoms with Crippen LogP contribution in [0.3, 0.4) is 0 Å². The van der Waals surface area contributed by atoms with Gasteiger partial charge in [0, 0.05) is 13.7 Å². The van der Waals surface area contributed by atoms with E-state index in [0.29, 0.717) is 24.2 Å². The molecule has 34 heavy (non-hydrogen) atoms. The molecular weight excluding hydrogens is 457 g/mol. The predicted octanol–water partition coefficient (Wildman–Crippen LogP) is 4.88. The van der Waals surface area contributed by atoms with Crippen molar-refractivity contribution in [1.29, 1.82) is 0 Å². The van der Waals surface area contributed by atoms with Gasteiger partial charge in [0.2, 0.25) is 0 Å². The van der Waals surface area contributed by atoms with E-state index in [-0.39, 0.29) is 18.7 Å². The van der Waals surface area contributed by atoms with Gasteiger partial charge in [0.25, 0.3) is 7.82 Å². The summed E-state index contributed by atoms with van der Waals surface area (Å²) >= 11 is 0. The third-order valence-electron chi connectivity index (χ3n) is 5.71. The maximum Gasteiger partial charge on any atom is 0.268 e. The van der Waals surface area contributed by atoms with E-state index in [9.17, 15) is 9.46 Å². The number of phosphoric acid groups is 1. The minimum atomic E-state index is -4.32. The summed E-state index contributed by atoms with van der Waals surface area (Å²) in [6.45, 7) is 3.81. The maximum atomic E-state index is 11.8. The lowest BCUT2D eigenvalue weighted by Gasteiger charge is -2.28. The lowest BCUT2D eigenvalue weighted by molar-refractivity contribution is -0.870. The van der Waals surface area contributed by atoms with E-state index in [1.165, 1.54) is 90.6 Å². The molecule has 0 fully saturated rings. The van der Waals surface area contributed by atoms with Crippen molar-refractivity contribution in [2.75, 3.05) is 61.2 Å². The van der Waals surface area contributed by atoms with Gasteiger partial charge in [-0.05, 0) is 6.42 Å². The van der Waals surface area contributed by atoms with E-state index in [4.69, 9.17) is 18.5 Å². The van der Waals surface area contributed by atoms with Crippen LogP contribution in [0.25, 0.3) is 0 Å². The molecule has 0 saturated carbocycles. The monoisotopic (exact) mass is 513 g/mol. The second kappa shape index (κ2) is 23.4. The molecule has 0 heterocycles. The molecule has 0 saturated heterocycles. The van der Waals surface area contributed by atoms with Gasteiger partial charge in [-0.25, -0.2) is 0 Å². The Kier molecular flexibility index (Phi) is 24.8. The Labute approximate surface area is 210 Å². The Bertz CT molecular complexity index is 475. The first-order valence-corrected chi connectivity index (χ1v) is 14.7. The number of hydrogen-bond acceptors (Lipinski definition) is 6. The van der Waals surface area contributed by atoms with Crippen LogP contribution in [-0.2, 0) is 23.1 Å². The molecule has 0 aliphatic rings. The van der Waals surface area contributed by atoms with Crippen molar-refractivity contribution in [3.05, 3.63) is 0 Å². The molecule has 0 aromatic heterocycles. The highest BCUT2D eigenvalue weighted by Gasteiger charge is 2.16. The van der Waals surface area contributed by atoms with Gasteiger partial charge in [-0.15, -0.1) is 0 Å². The molecule has 0 bridgehead atoms. The van der Waals surface area contributed by atoms with Crippen LogP contribution in [0, 0.1) is 0 Å². The summed E-state index contributed by atoms with van der Waals surface area (Å²) in [4.78, 5) is 11.8.